The maximum Gasteiger partial charge on any atom is 0.416 e. The Hall–Kier alpha value is -1.36. The second kappa shape index (κ2) is 6.03. The number of carbonyl (C=O) groups excluding carboxylic acids is 1. The molecule has 1 heterocycles. The molecular formula is C17H20F3NO. The normalized spacial score (nSPS) is 23.8. The molecule has 1 aliphatic heterocycles. The molecule has 1 unspecified atom stereocenters. The van der Waals surface area contributed by atoms with Gasteiger partial charge in [0, 0.05) is 32.0 Å². The summed E-state index contributed by atoms with van der Waals surface area (Å²) in [6.07, 6.45) is -0.253. The average molecular weight is 311 g/mol. The van der Waals surface area contributed by atoms with E-state index in [0.717, 1.165) is 36.6 Å². The molecule has 1 aromatic carbocycles. The van der Waals surface area contributed by atoms with Crippen LogP contribution in [0.2, 0.25) is 0 Å². The molecule has 1 atom stereocenters. The Labute approximate surface area is 128 Å². The van der Waals surface area contributed by atoms with Gasteiger partial charge in [-0.2, -0.15) is 13.2 Å². The molecule has 2 nitrogen and oxygen atoms in total. The topological polar surface area (TPSA) is 20.3 Å². The smallest absolute Gasteiger partial charge is 0.299 e. The highest BCUT2D eigenvalue weighted by atomic mass is 19.4. The number of halogens is 3. The van der Waals surface area contributed by atoms with Gasteiger partial charge >= 0.3 is 6.18 Å². The van der Waals surface area contributed by atoms with Crippen molar-refractivity contribution in [2.45, 2.75) is 38.4 Å². The van der Waals surface area contributed by atoms with Gasteiger partial charge in [-0.25, -0.2) is 0 Å². The van der Waals surface area contributed by atoms with Crippen molar-refractivity contribution in [1.82, 2.24) is 4.90 Å². The van der Waals surface area contributed by atoms with Gasteiger partial charge in [-0.15, -0.1) is 0 Å². The minimum absolute atomic E-state index is 0.121. The zero-order valence-electron chi connectivity index (χ0n) is 12.4. The molecule has 120 valence electrons. The van der Waals surface area contributed by atoms with Gasteiger partial charge in [-0.3, -0.25) is 9.69 Å². The van der Waals surface area contributed by atoms with E-state index < -0.39 is 11.7 Å². The first-order chi connectivity index (χ1) is 10.4. The zero-order chi connectivity index (χ0) is 15.7. The fourth-order valence-corrected chi connectivity index (χ4v) is 3.14. The van der Waals surface area contributed by atoms with Gasteiger partial charge in [-0.1, -0.05) is 25.0 Å². The van der Waals surface area contributed by atoms with E-state index in [1.807, 2.05) is 0 Å². The first kappa shape index (κ1) is 15.5. The predicted octanol–water partition coefficient (Wildman–Crippen LogP) is 3.90. The van der Waals surface area contributed by atoms with Crippen LogP contribution in [0.5, 0.6) is 0 Å². The highest BCUT2D eigenvalue weighted by Gasteiger charge is 2.33. The van der Waals surface area contributed by atoms with Crippen LogP contribution in [0.15, 0.2) is 24.3 Å². The summed E-state index contributed by atoms with van der Waals surface area (Å²) in [5.41, 5.74) is 0.254. The lowest BCUT2D eigenvalue weighted by molar-refractivity contribution is -0.137. The summed E-state index contributed by atoms with van der Waals surface area (Å²) in [7, 11) is 0. The van der Waals surface area contributed by atoms with Crippen LogP contribution in [0.4, 0.5) is 13.2 Å². The molecule has 0 N–H and O–H groups in total. The molecule has 0 bridgehead atoms. The second-order valence-electron chi connectivity index (χ2n) is 6.52. The highest BCUT2D eigenvalue weighted by molar-refractivity contribution is 5.82. The number of alkyl halides is 3. The van der Waals surface area contributed by atoms with E-state index in [-0.39, 0.29) is 5.92 Å². The van der Waals surface area contributed by atoms with E-state index in [1.165, 1.54) is 25.0 Å². The van der Waals surface area contributed by atoms with Gasteiger partial charge in [0.15, 0.2) is 0 Å². The number of ketones is 1. The summed E-state index contributed by atoms with van der Waals surface area (Å²) in [5, 5.41) is 0. The van der Waals surface area contributed by atoms with Gasteiger partial charge in [0.2, 0.25) is 0 Å². The number of carbonyl (C=O) groups is 1. The molecule has 1 saturated carbocycles. The average Bonchev–Trinajstić information content (AvgIpc) is 3.26. The van der Waals surface area contributed by atoms with E-state index in [0.29, 0.717) is 25.3 Å². The molecule has 2 aliphatic rings. The molecule has 22 heavy (non-hydrogen) atoms. The summed E-state index contributed by atoms with van der Waals surface area (Å²) < 4.78 is 37.7. The van der Waals surface area contributed by atoms with Crippen LogP contribution < -0.4 is 0 Å². The number of Topliss-reactive ketones (excluding diaryl/α,β-unsaturated/α-hetero) is 1. The van der Waals surface area contributed by atoms with Gasteiger partial charge < -0.3 is 0 Å². The van der Waals surface area contributed by atoms with Crippen molar-refractivity contribution in [1.29, 1.82) is 0 Å². The van der Waals surface area contributed by atoms with Gasteiger partial charge in [-0.05, 0) is 30.0 Å². The number of nitrogens with zero attached hydrogens (tertiary/aromatic N) is 1. The SMILES string of the molecule is O=C1CCN(Cc2ccc(C(F)(F)F)cc2)CC1CC1CC1. The third kappa shape index (κ3) is 3.88. The Morgan fingerprint density at radius 1 is 1.14 bits per heavy atom. The van der Waals surface area contributed by atoms with Gasteiger partial charge in [0.05, 0.1) is 5.56 Å². The molecule has 5 heteroatoms. The van der Waals surface area contributed by atoms with Crippen molar-refractivity contribution in [3.05, 3.63) is 35.4 Å². The summed E-state index contributed by atoms with van der Waals surface area (Å²) in [6, 6.07) is 5.34. The molecular weight excluding hydrogens is 291 g/mol. The lowest BCUT2D eigenvalue weighted by Gasteiger charge is -2.32. The fraction of sp³-hybridized carbons (Fsp3) is 0.588. The van der Waals surface area contributed by atoms with Crippen LogP contribution in [0.1, 0.15) is 36.8 Å². The molecule has 1 aliphatic carbocycles. The van der Waals surface area contributed by atoms with E-state index >= 15 is 0 Å². The van der Waals surface area contributed by atoms with E-state index in [2.05, 4.69) is 4.90 Å². The third-order valence-corrected chi connectivity index (χ3v) is 4.61. The van der Waals surface area contributed by atoms with Crippen LogP contribution in [0.3, 0.4) is 0 Å². The Balaban J connectivity index is 1.59. The highest BCUT2D eigenvalue weighted by Crippen LogP contribution is 2.37. The van der Waals surface area contributed by atoms with Crippen LogP contribution in [-0.2, 0) is 17.5 Å². The zero-order valence-corrected chi connectivity index (χ0v) is 12.4. The maximum absolute atomic E-state index is 12.6. The summed E-state index contributed by atoms with van der Waals surface area (Å²) >= 11 is 0. The summed E-state index contributed by atoms with van der Waals surface area (Å²) in [4.78, 5) is 14.2. The Morgan fingerprint density at radius 3 is 2.41 bits per heavy atom. The molecule has 0 radical (unpaired) electrons. The van der Waals surface area contributed by atoms with Crippen LogP contribution in [0.25, 0.3) is 0 Å². The molecule has 1 saturated heterocycles. The lowest BCUT2D eigenvalue weighted by Crippen LogP contribution is -2.40. The van der Waals surface area contributed by atoms with Crippen LogP contribution in [0, 0.1) is 11.8 Å². The van der Waals surface area contributed by atoms with E-state index in [1.54, 1.807) is 0 Å². The summed E-state index contributed by atoms with van der Waals surface area (Å²) in [5.74, 6) is 1.20. The first-order valence-corrected chi connectivity index (χ1v) is 7.83. The molecule has 0 spiro atoms. The number of rotatable bonds is 4. The number of hydrogen-bond donors (Lipinski definition) is 0. The molecule has 2 fully saturated rings. The molecule has 3 rings (SSSR count). The maximum atomic E-state index is 12.6. The molecule has 0 amide bonds. The lowest BCUT2D eigenvalue weighted by atomic mass is 9.91. The number of benzene rings is 1. The van der Waals surface area contributed by atoms with Crippen molar-refractivity contribution in [2.75, 3.05) is 13.1 Å². The number of likely N-dealkylation sites (tertiary alicyclic amines) is 1. The Bertz CT molecular complexity index is 534. The quantitative estimate of drug-likeness (QED) is 0.840. The molecule has 1 aromatic rings. The number of hydrogen-bond acceptors (Lipinski definition) is 2. The largest absolute Gasteiger partial charge is 0.416 e. The Morgan fingerprint density at radius 2 is 1.82 bits per heavy atom. The fourth-order valence-electron chi connectivity index (χ4n) is 3.14. The van der Waals surface area contributed by atoms with E-state index in [9.17, 15) is 18.0 Å². The van der Waals surface area contributed by atoms with Crippen molar-refractivity contribution in [2.24, 2.45) is 11.8 Å². The Kier molecular flexibility index (Phi) is 4.26. The van der Waals surface area contributed by atoms with Crippen molar-refractivity contribution >= 4 is 5.78 Å². The third-order valence-electron chi connectivity index (χ3n) is 4.61. The molecule has 0 aromatic heterocycles. The summed E-state index contributed by atoms with van der Waals surface area (Å²) in [6.45, 7) is 2.07. The van der Waals surface area contributed by atoms with E-state index in [4.69, 9.17) is 0 Å². The minimum atomic E-state index is -4.29. The second-order valence-corrected chi connectivity index (χ2v) is 6.52. The standard InChI is InChI=1S/C17H20F3NO/c18-17(19,20)15-5-3-13(4-6-15)10-21-8-7-16(22)14(11-21)9-12-1-2-12/h3-6,12,14H,1-2,7-11H2. The monoisotopic (exact) mass is 311 g/mol. The van der Waals surface area contributed by atoms with Crippen molar-refractivity contribution in [3.8, 4) is 0 Å². The first-order valence-electron chi connectivity index (χ1n) is 7.83. The van der Waals surface area contributed by atoms with Crippen molar-refractivity contribution < 1.29 is 18.0 Å². The predicted molar refractivity (Wildman–Crippen MR) is 77.2 cm³/mol. The van der Waals surface area contributed by atoms with Crippen molar-refractivity contribution in [3.63, 3.8) is 0 Å². The van der Waals surface area contributed by atoms with Gasteiger partial charge in [0.1, 0.15) is 5.78 Å². The van der Waals surface area contributed by atoms with Crippen LogP contribution in [-0.4, -0.2) is 23.8 Å². The van der Waals surface area contributed by atoms with Gasteiger partial charge in [0.25, 0.3) is 0 Å². The number of piperidine rings is 1. The minimum Gasteiger partial charge on any atom is -0.299 e. The van der Waals surface area contributed by atoms with Crippen LogP contribution >= 0.6 is 0 Å².